The standard InChI is InChI=1S/C12H15N5O6S2/c1-6-4-7(23-3)14-10(13-6)15-11(20)17-25(21,22)12(2)5-24-16-8(12)9(18)19/h4H,5H2,1-3H3,(H,18,19)(H2,13,14,15,17,20). The molecule has 0 saturated carbocycles. The van der Waals surface area contributed by atoms with Gasteiger partial charge in [0.05, 0.1) is 7.11 Å². The minimum atomic E-state index is -4.38. The number of amides is 2. The van der Waals surface area contributed by atoms with E-state index in [1.54, 1.807) is 11.6 Å². The summed E-state index contributed by atoms with van der Waals surface area (Å²) in [6, 6.07) is 0.391. The first-order chi connectivity index (χ1) is 11.6. The van der Waals surface area contributed by atoms with Crippen molar-refractivity contribution in [1.82, 2.24) is 14.7 Å². The van der Waals surface area contributed by atoms with Gasteiger partial charge in [0, 0.05) is 17.5 Å². The molecule has 136 valence electrons. The Labute approximate surface area is 147 Å². The summed E-state index contributed by atoms with van der Waals surface area (Å²) < 4.78 is 33.4. The van der Waals surface area contributed by atoms with Crippen molar-refractivity contribution >= 4 is 45.6 Å². The summed E-state index contributed by atoms with van der Waals surface area (Å²) in [7, 11) is -3.00. The summed E-state index contributed by atoms with van der Waals surface area (Å²) >= 11 is 0.797. The van der Waals surface area contributed by atoms with E-state index in [0.29, 0.717) is 5.69 Å². The van der Waals surface area contributed by atoms with Gasteiger partial charge in [0.15, 0.2) is 5.71 Å². The second-order valence-corrected chi connectivity index (χ2v) is 8.03. The molecule has 0 bridgehead atoms. The van der Waals surface area contributed by atoms with Crippen molar-refractivity contribution in [2.75, 3.05) is 18.2 Å². The Morgan fingerprint density at radius 1 is 1.40 bits per heavy atom. The minimum Gasteiger partial charge on any atom is -0.481 e. The zero-order chi connectivity index (χ0) is 18.8. The quantitative estimate of drug-likeness (QED) is 0.597. The van der Waals surface area contributed by atoms with Crippen molar-refractivity contribution in [3.05, 3.63) is 11.8 Å². The molecule has 1 aliphatic rings. The number of sulfonamides is 1. The lowest BCUT2D eigenvalue weighted by Gasteiger charge is -2.23. The predicted molar refractivity (Wildman–Crippen MR) is 90.3 cm³/mol. The predicted octanol–water partition coefficient (Wildman–Crippen LogP) is 0.191. The van der Waals surface area contributed by atoms with Crippen molar-refractivity contribution in [1.29, 1.82) is 0 Å². The number of hydrogen-bond donors (Lipinski definition) is 3. The number of carbonyl (C=O) groups excluding carboxylic acids is 1. The monoisotopic (exact) mass is 389 g/mol. The lowest BCUT2D eigenvalue weighted by Crippen LogP contribution is -2.54. The molecule has 13 heteroatoms. The fourth-order valence-corrected chi connectivity index (χ4v) is 4.52. The highest BCUT2D eigenvalue weighted by Crippen LogP contribution is 2.32. The SMILES string of the molecule is COc1cc(C)nc(NC(=O)NS(=O)(=O)C2(C)CSN=C2C(=O)O)n1. The zero-order valence-electron chi connectivity index (χ0n) is 13.4. The van der Waals surface area contributed by atoms with E-state index in [0.717, 1.165) is 11.9 Å². The molecule has 1 aromatic rings. The fourth-order valence-electron chi connectivity index (χ4n) is 1.92. The summed E-state index contributed by atoms with van der Waals surface area (Å²) in [5, 5.41) is 11.3. The normalized spacial score (nSPS) is 19.9. The second kappa shape index (κ2) is 6.84. The third kappa shape index (κ3) is 3.82. The van der Waals surface area contributed by atoms with Crippen LogP contribution in [0.25, 0.3) is 0 Å². The van der Waals surface area contributed by atoms with Gasteiger partial charge in [0.1, 0.15) is 4.75 Å². The van der Waals surface area contributed by atoms with Gasteiger partial charge in [-0.25, -0.2) is 32.1 Å². The highest BCUT2D eigenvalue weighted by Gasteiger charge is 2.51. The maximum Gasteiger partial charge on any atom is 0.352 e. The van der Waals surface area contributed by atoms with Gasteiger partial charge in [-0.3, -0.25) is 5.32 Å². The first-order valence-corrected chi connectivity index (χ1v) is 9.18. The summed E-state index contributed by atoms with van der Waals surface area (Å²) in [5.74, 6) is -1.58. The molecule has 0 saturated heterocycles. The number of carboxylic acid groups (broad SMARTS) is 1. The number of nitrogens with zero attached hydrogens (tertiary/aromatic N) is 3. The number of carboxylic acids is 1. The molecule has 1 unspecified atom stereocenters. The van der Waals surface area contributed by atoms with Crippen molar-refractivity contribution in [3.8, 4) is 5.88 Å². The lowest BCUT2D eigenvalue weighted by atomic mass is 10.1. The van der Waals surface area contributed by atoms with E-state index in [1.165, 1.54) is 20.1 Å². The van der Waals surface area contributed by atoms with Crippen LogP contribution in [0.3, 0.4) is 0 Å². The molecule has 2 amide bonds. The lowest BCUT2D eigenvalue weighted by molar-refractivity contribution is -0.129. The van der Waals surface area contributed by atoms with E-state index in [1.807, 2.05) is 0 Å². The Kier molecular flexibility index (Phi) is 5.17. The van der Waals surface area contributed by atoms with Gasteiger partial charge in [-0.2, -0.15) is 4.98 Å². The van der Waals surface area contributed by atoms with Crippen LogP contribution in [0.15, 0.2) is 10.5 Å². The smallest absolute Gasteiger partial charge is 0.352 e. The molecule has 11 nitrogen and oxygen atoms in total. The number of urea groups is 1. The van der Waals surface area contributed by atoms with E-state index in [4.69, 9.17) is 9.84 Å². The van der Waals surface area contributed by atoms with E-state index in [9.17, 15) is 18.0 Å². The molecule has 1 aromatic heterocycles. The first-order valence-electron chi connectivity index (χ1n) is 6.76. The van der Waals surface area contributed by atoms with Crippen molar-refractivity contribution in [2.45, 2.75) is 18.6 Å². The molecule has 2 rings (SSSR count). The number of aliphatic carboxylic acids is 1. The largest absolute Gasteiger partial charge is 0.481 e. The molecule has 0 radical (unpaired) electrons. The van der Waals surface area contributed by atoms with Crippen LogP contribution in [-0.2, 0) is 14.8 Å². The van der Waals surface area contributed by atoms with Crippen LogP contribution in [0, 0.1) is 6.92 Å². The van der Waals surface area contributed by atoms with Crippen LogP contribution in [0.4, 0.5) is 10.7 Å². The topological polar surface area (TPSA) is 160 Å². The van der Waals surface area contributed by atoms with E-state index in [2.05, 4.69) is 19.7 Å². The maximum atomic E-state index is 12.5. The second-order valence-electron chi connectivity index (χ2n) is 5.18. The van der Waals surface area contributed by atoms with Crippen LogP contribution in [0.2, 0.25) is 0 Å². The van der Waals surface area contributed by atoms with Crippen molar-refractivity contribution in [3.63, 3.8) is 0 Å². The summed E-state index contributed by atoms with van der Waals surface area (Å²) in [5.41, 5.74) is -0.0595. The molecule has 3 N–H and O–H groups in total. The average Bonchev–Trinajstić information content (AvgIpc) is 2.89. The van der Waals surface area contributed by atoms with E-state index in [-0.39, 0.29) is 17.6 Å². The minimum absolute atomic E-state index is 0.133. The van der Waals surface area contributed by atoms with Crippen molar-refractivity contribution < 1.29 is 27.9 Å². The Bertz CT molecular complexity index is 856. The molecule has 0 fully saturated rings. The molecule has 1 atom stereocenters. The Morgan fingerprint density at radius 2 is 2.08 bits per heavy atom. The van der Waals surface area contributed by atoms with Crippen LogP contribution in [0.5, 0.6) is 5.88 Å². The van der Waals surface area contributed by atoms with E-state index >= 15 is 0 Å². The Hall–Kier alpha value is -2.41. The summed E-state index contributed by atoms with van der Waals surface area (Å²) in [6.45, 7) is 2.82. The Morgan fingerprint density at radius 3 is 2.68 bits per heavy atom. The number of methoxy groups -OCH3 is 1. The summed E-state index contributed by atoms with van der Waals surface area (Å²) in [6.07, 6.45) is 0. The van der Waals surface area contributed by atoms with Crippen LogP contribution in [-0.4, -0.2) is 58.8 Å². The Balaban J connectivity index is 2.18. The van der Waals surface area contributed by atoms with Crippen LogP contribution in [0.1, 0.15) is 12.6 Å². The number of carbonyl (C=O) groups is 2. The number of nitrogens with one attached hydrogen (secondary N) is 2. The molecular weight excluding hydrogens is 374 g/mol. The van der Waals surface area contributed by atoms with Crippen LogP contribution >= 0.6 is 11.9 Å². The number of aryl methyl sites for hydroxylation is 1. The number of rotatable bonds is 5. The van der Waals surface area contributed by atoms with Gasteiger partial charge in [-0.15, -0.1) is 0 Å². The van der Waals surface area contributed by atoms with Crippen LogP contribution < -0.4 is 14.8 Å². The number of ether oxygens (including phenoxy) is 1. The van der Waals surface area contributed by atoms with Gasteiger partial charge in [-0.1, -0.05) is 0 Å². The highest BCUT2D eigenvalue weighted by atomic mass is 32.2. The third-order valence-corrected chi connectivity index (χ3v) is 6.46. The molecule has 0 aliphatic carbocycles. The van der Waals surface area contributed by atoms with Gasteiger partial charge in [0.25, 0.3) is 0 Å². The average molecular weight is 389 g/mol. The molecule has 0 aromatic carbocycles. The summed E-state index contributed by atoms with van der Waals surface area (Å²) in [4.78, 5) is 31.0. The molecule has 25 heavy (non-hydrogen) atoms. The zero-order valence-corrected chi connectivity index (χ0v) is 15.1. The first kappa shape index (κ1) is 18.9. The maximum absolute atomic E-state index is 12.5. The molecule has 0 spiro atoms. The van der Waals surface area contributed by atoms with E-state index < -0.39 is 32.5 Å². The fraction of sp³-hybridized carbons (Fsp3) is 0.417. The number of hydrogen-bond acceptors (Lipinski definition) is 9. The van der Waals surface area contributed by atoms with Gasteiger partial charge in [0.2, 0.25) is 21.9 Å². The molecule has 2 heterocycles. The third-order valence-electron chi connectivity index (χ3n) is 3.28. The number of aromatic nitrogens is 2. The van der Waals surface area contributed by atoms with Gasteiger partial charge < -0.3 is 9.84 Å². The van der Waals surface area contributed by atoms with Crippen molar-refractivity contribution in [2.24, 2.45) is 4.40 Å². The van der Waals surface area contributed by atoms with Gasteiger partial charge in [-0.05, 0) is 25.8 Å². The van der Waals surface area contributed by atoms with Gasteiger partial charge >= 0.3 is 12.0 Å². The number of anilines is 1. The molecular formula is C12H15N5O6S2. The molecule has 1 aliphatic heterocycles. The highest BCUT2D eigenvalue weighted by molar-refractivity contribution is 8.01.